The van der Waals surface area contributed by atoms with E-state index in [0.29, 0.717) is 17.5 Å². The Morgan fingerprint density at radius 2 is 1.71 bits per heavy atom. The van der Waals surface area contributed by atoms with E-state index in [4.69, 9.17) is 16.0 Å². The van der Waals surface area contributed by atoms with Gasteiger partial charge in [-0.1, -0.05) is 48.0 Å². The number of piperazine rings is 1. The molecule has 4 rings (SSSR count). The molecule has 3 aromatic rings. The van der Waals surface area contributed by atoms with Gasteiger partial charge in [-0.05, 0) is 29.8 Å². The van der Waals surface area contributed by atoms with Crippen LogP contribution < -0.4 is 9.80 Å². The van der Waals surface area contributed by atoms with Crippen LogP contribution >= 0.6 is 11.6 Å². The average molecular weight is 391 g/mol. The summed E-state index contributed by atoms with van der Waals surface area (Å²) in [5.74, 6) is 0.980. The topological polar surface area (TPSA) is 56.3 Å². The quantitative estimate of drug-likeness (QED) is 0.646. The van der Waals surface area contributed by atoms with Gasteiger partial charge in [0.25, 0.3) is 0 Å². The second kappa shape index (κ2) is 8.20. The second-order valence-electron chi connectivity index (χ2n) is 6.52. The summed E-state index contributed by atoms with van der Waals surface area (Å²) < 4.78 is 5.89. The van der Waals surface area contributed by atoms with Crippen molar-refractivity contribution in [3.8, 4) is 6.07 Å². The van der Waals surface area contributed by atoms with Crippen LogP contribution in [-0.4, -0.2) is 31.2 Å². The third kappa shape index (κ3) is 4.03. The molecule has 0 unspecified atom stereocenters. The first-order valence-electron chi connectivity index (χ1n) is 9.12. The molecule has 1 aromatic heterocycles. The van der Waals surface area contributed by atoms with E-state index in [2.05, 4.69) is 26.9 Å². The molecule has 0 atom stereocenters. The molecule has 1 saturated heterocycles. The highest BCUT2D eigenvalue weighted by Crippen LogP contribution is 2.26. The van der Waals surface area contributed by atoms with Gasteiger partial charge in [-0.25, -0.2) is 0 Å². The molecule has 1 aliphatic rings. The normalized spacial score (nSPS) is 14.4. The van der Waals surface area contributed by atoms with Gasteiger partial charge in [0, 0.05) is 43.0 Å². The number of halogens is 1. The number of hydrogen-bond acceptors (Lipinski definition) is 5. The lowest BCUT2D eigenvalue weighted by Gasteiger charge is -2.35. The van der Waals surface area contributed by atoms with Crippen LogP contribution in [0.1, 0.15) is 17.1 Å². The third-order valence-electron chi connectivity index (χ3n) is 4.69. The second-order valence-corrected chi connectivity index (χ2v) is 6.95. The molecule has 28 heavy (non-hydrogen) atoms. The summed E-state index contributed by atoms with van der Waals surface area (Å²) in [7, 11) is 0. The number of benzene rings is 2. The summed E-state index contributed by atoms with van der Waals surface area (Å²) in [4.78, 5) is 8.68. The summed E-state index contributed by atoms with van der Waals surface area (Å²) in [5, 5.41) is 10.2. The van der Waals surface area contributed by atoms with Crippen molar-refractivity contribution < 1.29 is 4.42 Å². The summed E-state index contributed by atoms with van der Waals surface area (Å²) in [6, 6.07) is 19.9. The monoisotopic (exact) mass is 390 g/mol. The Balaban J connectivity index is 1.47. The first kappa shape index (κ1) is 18.1. The van der Waals surface area contributed by atoms with Crippen LogP contribution in [0.4, 0.5) is 11.6 Å². The zero-order valence-electron chi connectivity index (χ0n) is 15.3. The van der Waals surface area contributed by atoms with E-state index in [1.165, 1.54) is 0 Å². The lowest BCUT2D eigenvalue weighted by Crippen LogP contribution is -2.46. The standard InChI is InChI=1S/C22H19ClN4O/c23-18-7-4-8-19(15-18)26-11-13-27(14-12-26)22-20(16-24)25-21(28-22)10-9-17-5-2-1-3-6-17/h1-10,15H,11-14H2/b10-9+. The van der Waals surface area contributed by atoms with E-state index >= 15 is 0 Å². The Labute approximate surface area is 169 Å². The molecule has 0 bridgehead atoms. The van der Waals surface area contributed by atoms with Crippen molar-refractivity contribution >= 4 is 35.3 Å². The lowest BCUT2D eigenvalue weighted by atomic mass is 10.2. The molecule has 0 saturated carbocycles. The van der Waals surface area contributed by atoms with Crippen molar-refractivity contribution in [2.45, 2.75) is 0 Å². The van der Waals surface area contributed by atoms with Crippen LogP contribution in [-0.2, 0) is 0 Å². The Bertz CT molecular complexity index is 1010. The number of nitriles is 1. The molecule has 0 N–H and O–H groups in total. The maximum absolute atomic E-state index is 9.46. The summed E-state index contributed by atoms with van der Waals surface area (Å²) in [6.07, 6.45) is 3.72. The summed E-state index contributed by atoms with van der Waals surface area (Å²) in [6.45, 7) is 3.14. The van der Waals surface area contributed by atoms with Gasteiger partial charge in [0.2, 0.25) is 17.5 Å². The van der Waals surface area contributed by atoms with Crippen molar-refractivity contribution in [1.82, 2.24) is 4.98 Å². The van der Waals surface area contributed by atoms with Crippen molar-refractivity contribution in [2.75, 3.05) is 36.0 Å². The van der Waals surface area contributed by atoms with Crippen LogP contribution in [0.5, 0.6) is 0 Å². The first-order valence-corrected chi connectivity index (χ1v) is 9.50. The molecule has 0 aliphatic carbocycles. The molecule has 1 aliphatic heterocycles. The van der Waals surface area contributed by atoms with Gasteiger partial charge in [-0.15, -0.1) is 0 Å². The van der Waals surface area contributed by atoms with E-state index in [1.807, 2.05) is 54.6 Å². The molecule has 1 fully saturated rings. The number of nitrogens with zero attached hydrogens (tertiary/aromatic N) is 4. The molecule has 0 radical (unpaired) electrons. The predicted molar refractivity (Wildman–Crippen MR) is 112 cm³/mol. The average Bonchev–Trinajstić information content (AvgIpc) is 3.16. The minimum absolute atomic E-state index is 0.323. The zero-order chi connectivity index (χ0) is 19.3. The molecule has 2 heterocycles. The van der Waals surface area contributed by atoms with Gasteiger partial charge in [0.15, 0.2) is 0 Å². The minimum atomic E-state index is 0.323. The molecular weight excluding hydrogens is 372 g/mol. The van der Waals surface area contributed by atoms with Crippen LogP contribution in [0.15, 0.2) is 59.0 Å². The summed E-state index contributed by atoms with van der Waals surface area (Å²) >= 11 is 6.10. The van der Waals surface area contributed by atoms with Crippen LogP contribution in [0.3, 0.4) is 0 Å². The molecule has 0 amide bonds. The Hall–Kier alpha value is -3.23. The number of rotatable bonds is 4. The number of aromatic nitrogens is 1. The van der Waals surface area contributed by atoms with E-state index < -0.39 is 0 Å². The Morgan fingerprint density at radius 1 is 0.964 bits per heavy atom. The fraction of sp³-hybridized carbons (Fsp3) is 0.182. The van der Waals surface area contributed by atoms with Gasteiger partial charge in [0.1, 0.15) is 6.07 Å². The van der Waals surface area contributed by atoms with E-state index in [0.717, 1.165) is 42.5 Å². The maximum atomic E-state index is 9.46. The van der Waals surface area contributed by atoms with Crippen molar-refractivity contribution in [1.29, 1.82) is 5.26 Å². The van der Waals surface area contributed by atoms with Gasteiger partial charge in [-0.3, -0.25) is 0 Å². The molecule has 0 spiro atoms. The minimum Gasteiger partial charge on any atom is -0.420 e. The molecule has 6 heteroatoms. The lowest BCUT2D eigenvalue weighted by molar-refractivity contribution is 0.513. The van der Waals surface area contributed by atoms with Crippen LogP contribution in [0.25, 0.3) is 12.2 Å². The molecular formula is C22H19ClN4O. The fourth-order valence-corrected chi connectivity index (χ4v) is 3.44. The third-order valence-corrected chi connectivity index (χ3v) is 4.92. The van der Waals surface area contributed by atoms with Gasteiger partial charge >= 0.3 is 0 Å². The Morgan fingerprint density at radius 3 is 2.43 bits per heavy atom. The van der Waals surface area contributed by atoms with Crippen LogP contribution in [0.2, 0.25) is 5.02 Å². The molecule has 140 valence electrons. The summed E-state index contributed by atoms with van der Waals surface area (Å²) in [5.41, 5.74) is 2.48. The smallest absolute Gasteiger partial charge is 0.235 e. The van der Waals surface area contributed by atoms with E-state index in [1.54, 1.807) is 6.08 Å². The van der Waals surface area contributed by atoms with Crippen LogP contribution in [0, 0.1) is 11.3 Å². The zero-order valence-corrected chi connectivity index (χ0v) is 16.0. The van der Waals surface area contributed by atoms with Gasteiger partial charge in [-0.2, -0.15) is 10.2 Å². The maximum Gasteiger partial charge on any atom is 0.235 e. The highest BCUT2D eigenvalue weighted by atomic mass is 35.5. The van der Waals surface area contributed by atoms with Crippen molar-refractivity contribution in [3.63, 3.8) is 0 Å². The number of anilines is 2. The molecule has 5 nitrogen and oxygen atoms in total. The Kier molecular flexibility index (Phi) is 5.31. The first-order chi connectivity index (χ1) is 13.7. The number of oxazole rings is 1. The largest absolute Gasteiger partial charge is 0.420 e. The van der Waals surface area contributed by atoms with Crippen molar-refractivity contribution in [3.05, 3.63) is 76.8 Å². The van der Waals surface area contributed by atoms with Gasteiger partial charge in [0.05, 0.1) is 0 Å². The predicted octanol–water partition coefficient (Wildman–Crippen LogP) is 4.70. The van der Waals surface area contributed by atoms with Crippen molar-refractivity contribution in [2.24, 2.45) is 0 Å². The highest BCUT2D eigenvalue weighted by molar-refractivity contribution is 6.30. The highest BCUT2D eigenvalue weighted by Gasteiger charge is 2.24. The van der Waals surface area contributed by atoms with Gasteiger partial charge < -0.3 is 14.2 Å². The molecule has 2 aromatic carbocycles. The number of hydrogen-bond donors (Lipinski definition) is 0. The SMILES string of the molecule is N#Cc1nc(/C=C/c2ccccc2)oc1N1CCN(c2cccc(Cl)c2)CC1. The van der Waals surface area contributed by atoms with E-state index in [9.17, 15) is 5.26 Å². The fourth-order valence-electron chi connectivity index (χ4n) is 3.26. The van der Waals surface area contributed by atoms with E-state index in [-0.39, 0.29) is 0 Å².